The molecule has 0 aromatic carbocycles. The van der Waals surface area contributed by atoms with Crippen LogP contribution < -0.4 is 0 Å². The Morgan fingerprint density at radius 3 is 0.896 bits per heavy atom. The largest absolute Gasteiger partial charge is 0.462 e. The van der Waals surface area contributed by atoms with Gasteiger partial charge in [-0.1, -0.05) is 89.1 Å². The van der Waals surface area contributed by atoms with Crippen molar-refractivity contribution in [3.8, 4) is 0 Å². The van der Waals surface area contributed by atoms with Crippen molar-refractivity contribution in [1.29, 1.82) is 0 Å². The van der Waals surface area contributed by atoms with Gasteiger partial charge in [0.2, 0.25) is 0 Å². The van der Waals surface area contributed by atoms with Crippen molar-refractivity contribution in [3.63, 3.8) is 0 Å². The number of ether oxygens (including phenoxy) is 3. The van der Waals surface area contributed by atoms with Gasteiger partial charge < -0.3 is 64.4 Å². The van der Waals surface area contributed by atoms with Crippen LogP contribution in [-0.2, 0) is 38.2 Å². The maximum atomic E-state index is 11.8. The van der Waals surface area contributed by atoms with Crippen molar-refractivity contribution in [2.75, 3.05) is 395 Å². The van der Waals surface area contributed by atoms with E-state index in [2.05, 4.69) is 191 Å². The maximum absolute atomic E-state index is 11.8. The third-order valence-electron chi connectivity index (χ3n) is 16.5. The summed E-state index contributed by atoms with van der Waals surface area (Å²) in [6.45, 7) is 30.8. The highest BCUT2D eigenvalue weighted by atomic mass is 16.5. The van der Waals surface area contributed by atoms with E-state index in [4.69, 9.17) is 14.2 Å². The number of carbonyl (C=O) groups excluding carboxylic acids is 5. The minimum Gasteiger partial charge on any atom is -0.462 e. The smallest absolute Gasteiger partial charge is 0.361 e. The molecule has 0 aliphatic carbocycles. The Balaban J connectivity index is -0.0000000668. The van der Waals surface area contributed by atoms with E-state index < -0.39 is 0 Å². The van der Waals surface area contributed by atoms with E-state index >= 15 is 0 Å². The molecule has 2 heterocycles. The second-order valence-corrected chi connectivity index (χ2v) is 36.7. The third kappa shape index (κ3) is 101. The van der Waals surface area contributed by atoms with Crippen LogP contribution in [0.2, 0.25) is 0 Å². The molecular formula is C83H215N15O8+12. The Labute approximate surface area is 671 Å². The molecule has 2 saturated heterocycles. The average molecular weight is 1550 g/mol. The lowest BCUT2D eigenvalue weighted by molar-refractivity contribution is -0.927. The lowest BCUT2D eigenvalue weighted by Gasteiger charge is -2.36. The molecule has 2 fully saturated rings. The van der Waals surface area contributed by atoms with Gasteiger partial charge in [-0.25, -0.2) is 24.0 Å². The highest BCUT2D eigenvalue weighted by Gasteiger charge is 2.30. The van der Waals surface area contributed by atoms with Crippen molar-refractivity contribution in [2.24, 2.45) is 0 Å². The van der Waals surface area contributed by atoms with E-state index in [0.29, 0.717) is 44.2 Å². The molecule has 0 saturated carbocycles. The summed E-state index contributed by atoms with van der Waals surface area (Å²) in [5, 5.41) is 0. The third-order valence-corrected chi connectivity index (χ3v) is 16.5. The highest BCUT2D eigenvalue weighted by Crippen LogP contribution is 2.10. The van der Waals surface area contributed by atoms with Crippen LogP contribution in [0.3, 0.4) is 0 Å². The topological polar surface area (TPSA) is 123 Å². The molecule has 23 heteroatoms. The second kappa shape index (κ2) is 68.0. The van der Waals surface area contributed by atoms with Crippen LogP contribution >= 0.6 is 0 Å². The molecule has 0 atom stereocenters. The first-order chi connectivity index (χ1) is 42.4. The lowest BCUT2D eigenvalue weighted by atomic mass is 10.2. The highest BCUT2D eigenvalue weighted by molar-refractivity contribution is 5.70. The van der Waals surface area contributed by atoms with Crippen LogP contribution in [0.15, 0.2) is 0 Å². The van der Waals surface area contributed by atoms with Crippen molar-refractivity contribution in [2.45, 2.75) is 141 Å². The molecule has 0 aromatic heterocycles. The number of likely N-dealkylation sites (N-methyl/N-ethyl adjacent to an activating group) is 8. The van der Waals surface area contributed by atoms with Gasteiger partial charge in [-0.05, 0) is 20.9 Å². The summed E-state index contributed by atoms with van der Waals surface area (Å²) >= 11 is 0. The van der Waals surface area contributed by atoms with E-state index in [1.54, 1.807) is 0 Å². The zero-order chi connectivity index (χ0) is 74.2. The first kappa shape index (κ1) is 142. The summed E-state index contributed by atoms with van der Waals surface area (Å²) in [5.74, 6) is -0.229. The SMILES string of the molecule is C.C.C.C.C.C.C.C.C.C.C.C.CCOC(=O)C[N+](C)(C)CCCN(CCC[N+](C)(C)C)CCC[N+](C)(C)C=O.CCOC(=O)C[N+]1(C)CCOCC1.CN1CC[N+](C)(C=O)CC1.C[N+](C)(C)CCCN(CCC[N+](C)(C)C)CCC[N+](C)(C)C.C[N+](C)(C)CC[N+](C)(C)C.C[N+](C)(C)CC[N+](C)(C)C=O. The van der Waals surface area contributed by atoms with Gasteiger partial charge in [-0.2, -0.15) is 0 Å². The number of nitrogens with zero attached hydrogens (tertiary/aromatic N) is 15. The zero-order valence-electron chi connectivity index (χ0n) is 68.7. The van der Waals surface area contributed by atoms with Crippen molar-refractivity contribution in [3.05, 3.63) is 0 Å². The number of quaternary nitrogens is 12. The van der Waals surface area contributed by atoms with Crippen molar-refractivity contribution < 1.29 is 92.0 Å². The van der Waals surface area contributed by atoms with Crippen molar-refractivity contribution >= 4 is 31.2 Å². The van der Waals surface area contributed by atoms with Crippen LogP contribution in [0.1, 0.15) is 141 Å². The van der Waals surface area contributed by atoms with Gasteiger partial charge in [-0.15, -0.1) is 0 Å². The van der Waals surface area contributed by atoms with Gasteiger partial charge in [0.05, 0.1) is 283 Å². The van der Waals surface area contributed by atoms with Gasteiger partial charge in [0.1, 0.15) is 39.3 Å². The minimum atomic E-state index is -0.124. The van der Waals surface area contributed by atoms with E-state index in [0.717, 1.165) is 179 Å². The molecule has 0 bridgehead atoms. The molecule has 23 nitrogen and oxygen atoms in total. The molecule has 0 radical (unpaired) electrons. The fourth-order valence-electron chi connectivity index (χ4n) is 9.66. The van der Waals surface area contributed by atoms with Gasteiger partial charge in [0.25, 0.3) is 0 Å². The van der Waals surface area contributed by atoms with Gasteiger partial charge in [0, 0.05) is 90.9 Å². The van der Waals surface area contributed by atoms with E-state index in [9.17, 15) is 24.0 Å². The number of esters is 2. The summed E-state index contributed by atoms with van der Waals surface area (Å²) in [5.41, 5.74) is 0. The van der Waals surface area contributed by atoms with Crippen LogP contribution in [0.5, 0.6) is 0 Å². The molecule has 0 spiro atoms. The first-order valence-electron chi connectivity index (χ1n) is 35.6. The number of piperazine rings is 1. The predicted octanol–water partition coefficient (Wildman–Crippen LogP) is 10.1. The van der Waals surface area contributed by atoms with E-state index in [-0.39, 0.29) is 101 Å². The maximum Gasteiger partial charge on any atom is 0.361 e. The lowest BCUT2D eigenvalue weighted by Crippen LogP contribution is -2.55. The molecule has 658 valence electrons. The van der Waals surface area contributed by atoms with Gasteiger partial charge in [0.15, 0.2) is 13.1 Å². The number of rotatable bonds is 39. The fourth-order valence-corrected chi connectivity index (χ4v) is 9.66. The molecule has 0 unspecified atom stereocenters. The monoisotopic (exact) mass is 1550 g/mol. The minimum absolute atomic E-state index is 0. The molecule has 106 heavy (non-hydrogen) atoms. The van der Waals surface area contributed by atoms with Crippen LogP contribution in [0, 0.1) is 0 Å². The molecule has 0 N–H and O–H groups in total. The number of morpholine rings is 1. The Morgan fingerprint density at radius 1 is 0.377 bits per heavy atom. The summed E-state index contributed by atoms with van der Waals surface area (Å²) in [6, 6.07) is 0. The zero-order valence-corrected chi connectivity index (χ0v) is 68.7. The summed E-state index contributed by atoms with van der Waals surface area (Å²) in [6.07, 6.45) is 10.2. The molecule has 2 aliphatic heterocycles. The van der Waals surface area contributed by atoms with Crippen LogP contribution in [-0.4, -0.2) is 495 Å². The van der Waals surface area contributed by atoms with Crippen molar-refractivity contribution in [1.82, 2.24) is 14.7 Å². The van der Waals surface area contributed by atoms with Gasteiger partial charge in [-0.3, -0.25) is 18.3 Å². The molecule has 2 aliphatic rings. The Morgan fingerprint density at radius 2 is 0.632 bits per heavy atom. The van der Waals surface area contributed by atoms with Gasteiger partial charge >= 0.3 is 31.2 Å². The number of carbonyl (C=O) groups is 5. The quantitative estimate of drug-likeness (QED) is 0.0332. The van der Waals surface area contributed by atoms with Crippen LogP contribution in [0.25, 0.3) is 0 Å². The Hall–Kier alpha value is -2.69. The normalized spacial score (nSPS) is 14.1. The molecule has 2 rings (SSSR count). The molecular weight excluding hydrogens is 1340 g/mol. The summed E-state index contributed by atoms with van der Waals surface area (Å²) < 4.78 is 25.3. The van der Waals surface area contributed by atoms with Crippen LogP contribution in [0.4, 0.5) is 0 Å². The fraction of sp³-hybridized carbons (Fsp3) is 0.940. The van der Waals surface area contributed by atoms with E-state index in [1.165, 1.54) is 71.6 Å². The summed E-state index contributed by atoms with van der Waals surface area (Å²) in [7, 11) is 65.1. The standard InChI is InChI=1S/C21H47N4O3.C18H45N4.C9H18NO3.C8H20N2O.C8H22N2.C7H15N2O.12CH4/c1-9-28-21(27)19-24(5,6)17-11-14-22(13-10-16-23(2,3)4)15-12-18-25(7,8)20-26;1-20(2,3)16-10-13-19(14-11-17-21(4,5)6)15-12-18-22(7,8)9;1-3-13-9(11)8-10(2)4-6-12-7-5-10;1-9(2,3)6-7-10(4,5)8-11;1-9(2,3)7-8-10(4,5)6;1-8-3-5-9(2,7-10)6-4-8;;;;;;;;;;;;/h20H,9-19H2,1-8H3;10-18H2,1-9H3;3-8H2,1-2H3;8H,6-7H2,1-5H3;7-8H2,1-6H3;7H,3-6H2,1-2H3;12*1H4/q2*+3;+1;2*+2;+1;;;;;;;;;;;;. The first-order valence-corrected chi connectivity index (χ1v) is 35.6. The number of hydrogen-bond acceptors (Lipinski definition) is 11. The molecule has 3 amide bonds. The Bertz CT molecular complexity index is 1910. The average Bonchev–Trinajstić information content (AvgIpc) is 0.876. The number of amides is 3. The van der Waals surface area contributed by atoms with E-state index in [1.807, 2.05) is 49.1 Å². The molecule has 0 aromatic rings. The summed E-state index contributed by atoms with van der Waals surface area (Å²) in [4.78, 5) is 62.6. The predicted molar refractivity (Wildman–Crippen MR) is 474 cm³/mol. The number of hydrogen-bond donors (Lipinski definition) is 0. The second-order valence-electron chi connectivity index (χ2n) is 36.7. The Kier molecular flexibility index (Phi) is 90.9.